The number of hydrogen-bond acceptors (Lipinski definition) is 3. The fraction of sp³-hybridized carbons (Fsp3) is 0.500. The molecule has 1 fully saturated rings. The van der Waals surface area contributed by atoms with Crippen LogP contribution in [-0.4, -0.2) is 49.7 Å². The summed E-state index contributed by atoms with van der Waals surface area (Å²) in [4.78, 5) is 13.0. The van der Waals surface area contributed by atoms with Crippen LogP contribution in [0, 0.1) is 13.8 Å². The second kappa shape index (κ2) is 6.35. The number of carbonyl (C=O) groups is 1. The van der Waals surface area contributed by atoms with E-state index < -0.39 is 10.0 Å². The normalized spacial score (nSPS) is 16.9. The van der Waals surface area contributed by atoms with Gasteiger partial charge in [-0.25, -0.2) is 8.42 Å². The van der Waals surface area contributed by atoms with E-state index >= 15 is 0 Å². The van der Waals surface area contributed by atoms with Crippen LogP contribution in [0.1, 0.15) is 18.1 Å². The van der Waals surface area contributed by atoms with E-state index in [4.69, 9.17) is 23.2 Å². The summed E-state index contributed by atoms with van der Waals surface area (Å²) in [6, 6.07) is 1.66. The SMILES string of the molecule is CC(=O)N1CCN(S(=O)(=O)c2c(C)c(Cl)cc(C)c2Cl)CC1. The third-order valence-corrected chi connectivity index (χ3v) is 6.93. The molecular formula is C14H18Cl2N2O3S. The molecule has 1 aromatic carbocycles. The van der Waals surface area contributed by atoms with Crippen molar-refractivity contribution in [2.45, 2.75) is 25.7 Å². The third kappa shape index (κ3) is 3.11. The lowest BCUT2D eigenvalue weighted by atomic mass is 10.2. The average molecular weight is 365 g/mol. The van der Waals surface area contributed by atoms with Gasteiger partial charge in [-0.2, -0.15) is 4.31 Å². The Kier molecular flexibility index (Phi) is 5.06. The maximum absolute atomic E-state index is 12.9. The molecular weight excluding hydrogens is 347 g/mol. The van der Waals surface area contributed by atoms with Crippen LogP contribution in [0.25, 0.3) is 0 Å². The molecule has 1 amide bonds. The van der Waals surface area contributed by atoms with Crippen LogP contribution in [0.4, 0.5) is 0 Å². The lowest BCUT2D eigenvalue weighted by Gasteiger charge is -2.34. The van der Waals surface area contributed by atoms with Crippen LogP contribution in [-0.2, 0) is 14.8 Å². The first-order valence-corrected chi connectivity index (χ1v) is 9.06. The number of aryl methyl sites for hydroxylation is 1. The quantitative estimate of drug-likeness (QED) is 0.809. The van der Waals surface area contributed by atoms with Crippen molar-refractivity contribution in [1.82, 2.24) is 9.21 Å². The van der Waals surface area contributed by atoms with Crippen LogP contribution in [0.5, 0.6) is 0 Å². The molecule has 1 aliphatic rings. The van der Waals surface area contributed by atoms with Crippen molar-refractivity contribution in [1.29, 1.82) is 0 Å². The van der Waals surface area contributed by atoms with E-state index in [0.29, 0.717) is 29.2 Å². The highest BCUT2D eigenvalue weighted by Gasteiger charge is 2.33. The van der Waals surface area contributed by atoms with Crippen molar-refractivity contribution in [2.24, 2.45) is 0 Å². The molecule has 1 aliphatic heterocycles. The molecule has 0 atom stereocenters. The van der Waals surface area contributed by atoms with Crippen molar-refractivity contribution in [3.63, 3.8) is 0 Å². The predicted molar refractivity (Wildman–Crippen MR) is 86.9 cm³/mol. The Morgan fingerprint density at radius 3 is 2.18 bits per heavy atom. The van der Waals surface area contributed by atoms with Gasteiger partial charge in [-0.15, -0.1) is 0 Å². The summed E-state index contributed by atoms with van der Waals surface area (Å²) in [5.74, 6) is -0.0511. The summed E-state index contributed by atoms with van der Waals surface area (Å²) in [5, 5.41) is 0.582. The Hall–Kier alpha value is -0.820. The van der Waals surface area contributed by atoms with Gasteiger partial charge in [0, 0.05) is 38.1 Å². The predicted octanol–water partition coefficient (Wildman–Crippen LogP) is 2.46. The van der Waals surface area contributed by atoms with Crippen LogP contribution < -0.4 is 0 Å². The molecule has 8 heteroatoms. The zero-order chi connectivity index (χ0) is 16.7. The summed E-state index contributed by atoms with van der Waals surface area (Å²) in [5.41, 5.74) is 1.07. The topological polar surface area (TPSA) is 57.7 Å². The highest BCUT2D eigenvalue weighted by Crippen LogP contribution is 2.35. The first kappa shape index (κ1) is 17.5. The zero-order valence-corrected chi connectivity index (χ0v) is 15.0. The summed E-state index contributed by atoms with van der Waals surface area (Å²) in [6.07, 6.45) is 0. The molecule has 1 aromatic rings. The number of sulfonamides is 1. The fourth-order valence-corrected chi connectivity index (χ4v) is 5.08. The first-order valence-electron chi connectivity index (χ1n) is 6.87. The molecule has 0 bridgehead atoms. The number of nitrogens with zero attached hydrogens (tertiary/aromatic N) is 2. The average Bonchev–Trinajstić information content (AvgIpc) is 2.45. The van der Waals surface area contributed by atoms with E-state index in [1.54, 1.807) is 24.8 Å². The van der Waals surface area contributed by atoms with E-state index in [2.05, 4.69) is 0 Å². The number of piperazine rings is 1. The Bertz CT molecular complexity index is 685. The van der Waals surface area contributed by atoms with Crippen molar-refractivity contribution in [3.8, 4) is 0 Å². The standard InChI is InChI=1S/C14H18Cl2N2O3S/c1-9-8-12(15)10(2)14(13(9)16)22(20,21)18-6-4-17(5-7-18)11(3)19/h8H,4-7H2,1-3H3. The first-order chi connectivity index (χ1) is 10.2. The number of rotatable bonds is 2. The van der Waals surface area contributed by atoms with Crippen molar-refractivity contribution in [3.05, 3.63) is 27.2 Å². The van der Waals surface area contributed by atoms with E-state index in [-0.39, 0.29) is 28.9 Å². The molecule has 2 rings (SSSR count). The van der Waals surface area contributed by atoms with Gasteiger partial charge < -0.3 is 4.90 Å². The molecule has 0 aliphatic carbocycles. The van der Waals surface area contributed by atoms with Crippen molar-refractivity contribution < 1.29 is 13.2 Å². The van der Waals surface area contributed by atoms with E-state index in [1.807, 2.05) is 0 Å². The molecule has 0 spiro atoms. The number of amides is 1. The van der Waals surface area contributed by atoms with Gasteiger partial charge in [-0.1, -0.05) is 23.2 Å². The Balaban J connectivity index is 2.39. The van der Waals surface area contributed by atoms with E-state index in [0.717, 1.165) is 0 Å². The fourth-order valence-electron chi connectivity index (χ4n) is 2.49. The molecule has 0 unspecified atom stereocenters. The summed E-state index contributed by atoms with van der Waals surface area (Å²) < 4.78 is 27.1. The Morgan fingerprint density at radius 1 is 1.14 bits per heavy atom. The van der Waals surface area contributed by atoms with Crippen LogP contribution in [0.3, 0.4) is 0 Å². The number of benzene rings is 1. The largest absolute Gasteiger partial charge is 0.340 e. The third-order valence-electron chi connectivity index (χ3n) is 3.87. The lowest BCUT2D eigenvalue weighted by Crippen LogP contribution is -2.50. The molecule has 1 heterocycles. The molecule has 0 N–H and O–H groups in total. The zero-order valence-electron chi connectivity index (χ0n) is 12.7. The second-order valence-corrected chi connectivity index (χ2v) is 8.01. The van der Waals surface area contributed by atoms with Gasteiger partial charge in [-0.3, -0.25) is 4.79 Å². The number of hydrogen-bond donors (Lipinski definition) is 0. The van der Waals surface area contributed by atoms with E-state index in [1.165, 1.54) is 11.2 Å². The number of carbonyl (C=O) groups excluding carboxylic acids is 1. The summed E-state index contributed by atoms with van der Waals surface area (Å²) in [6.45, 7) is 6.11. The monoisotopic (exact) mass is 364 g/mol. The van der Waals surface area contributed by atoms with Gasteiger partial charge in [0.2, 0.25) is 15.9 Å². The molecule has 5 nitrogen and oxygen atoms in total. The van der Waals surface area contributed by atoms with Gasteiger partial charge in [0.25, 0.3) is 0 Å². The molecule has 122 valence electrons. The Labute approximate surface area is 140 Å². The highest BCUT2D eigenvalue weighted by atomic mass is 35.5. The van der Waals surface area contributed by atoms with Crippen molar-refractivity contribution in [2.75, 3.05) is 26.2 Å². The van der Waals surface area contributed by atoms with Gasteiger partial charge in [0.05, 0.1) is 5.02 Å². The number of halogens is 2. The summed E-state index contributed by atoms with van der Waals surface area (Å²) in [7, 11) is -3.74. The molecule has 0 radical (unpaired) electrons. The van der Waals surface area contributed by atoms with Gasteiger partial charge in [0.15, 0.2) is 0 Å². The van der Waals surface area contributed by atoms with Crippen molar-refractivity contribution >= 4 is 39.1 Å². The molecule has 0 saturated carbocycles. The van der Waals surface area contributed by atoms with Crippen LogP contribution in [0.2, 0.25) is 10.0 Å². The highest BCUT2D eigenvalue weighted by molar-refractivity contribution is 7.89. The lowest BCUT2D eigenvalue weighted by molar-refractivity contribution is -0.129. The maximum Gasteiger partial charge on any atom is 0.245 e. The summed E-state index contributed by atoms with van der Waals surface area (Å²) >= 11 is 12.3. The second-order valence-electron chi connectivity index (χ2n) is 5.35. The smallest absolute Gasteiger partial charge is 0.245 e. The molecule has 1 saturated heterocycles. The Morgan fingerprint density at radius 2 is 1.68 bits per heavy atom. The minimum atomic E-state index is -3.74. The van der Waals surface area contributed by atoms with Crippen LogP contribution in [0.15, 0.2) is 11.0 Å². The van der Waals surface area contributed by atoms with Gasteiger partial charge >= 0.3 is 0 Å². The van der Waals surface area contributed by atoms with Gasteiger partial charge in [-0.05, 0) is 31.0 Å². The minimum Gasteiger partial charge on any atom is -0.340 e. The van der Waals surface area contributed by atoms with Gasteiger partial charge in [0.1, 0.15) is 4.90 Å². The molecule has 22 heavy (non-hydrogen) atoms. The maximum atomic E-state index is 12.9. The molecule has 0 aromatic heterocycles. The van der Waals surface area contributed by atoms with E-state index in [9.17, 15) is 13.2 Å². The minimum absolute atomic E-state index is 0.0511. The van der Waals surface area contributed by atoms with Crippen LogP contribution >= 0.6 is 23.2 Å².